The first kappa shape index (κ1) is 17.6. The molecule has 1 unspecified atom stereocenters. The van der Waals surface area contributed by atoms with E-state index in [9.17, 15) is 8.78 Å². The third-order valence-corrected chi connectivity index (χ3v) is 4.82. The molecular formula is C21H18ClF2N. The van der Waals surface area contributed by atoms with Gasteiger partial charge in [0.2, 0.25) is 0 Å². The molecule has 25 heavy (non-hydrogen) atoms. The van der Waals surface area contributed by atoms with Gasteiger partial charge in [-0.1, -0.05) is 24.3 Å². The van der Waals surface area contributed by atoms with Gasteiger partial charge in [0.05, 0.1) is 0 Å². The lowest BCUT2D eigenvalue weighted by molar-refractivity contribution is 0.509. The molecule has 4 rings (SSSR count). The summed E-state index contributed by atoms with van der Waals surface area (Å²) >= 11 is 0. The van der Waals surface area contributed by atoms with Crippen LogP contribution in [0.3, 0.4) is 0 Å². The van der Waals surface area contributed by atoms with Crippen molar-refractivity contribution in [3.05, 3.63) is 89.2 Å². The number of hydrogen-bond acceptors (Lipinski definition) is 1. The summed E-state index contributed by atoms with van der Waals surface area (Å²) in [6, 6.07) is 14.5. The second-order valence-electron chi connectivity index (χ2n) is 6.27. The highest BCUT2D eigenvalue weighted by Gasteiger charge is 2.22. The molecule has 0 radical (unpaired) electrons. The zero-order chi connectivity index (χ0) is 16.5. The normalized spacial score (nSPS) is 16.0. The van der Waals surface area contributed by atoms with E-state index in [0.717, 1.165) is 24.8 Å². The molecule has 1 heterocycles. The van der Waals surface area contributed by atoms with E-state index in [4.69, 9.17) is 0 Å². The zero-order valence-electron chi connectivity index (χ0n) is 13.6. The van der Waals surface area contributed by atoms with E-state index in [1.165, 1.54) is 28.8 Å². The van der Waals surface area contributed by atoms with E-state index in [1.807, 2.05) is 18.5 Å². The van der Waals surface area contributed by atoms with Gasteiger partial charge < -0.3 is 0 Å². The van der Waals surface area contributed by atoms with Crippen LogP contribution in [0.1, 0.15) is 35.4 Å². The third kappa shape index (κ3) is 3.42. The highest BCUT2D eigenvalue weighted by atomic mass is 35.5. The van der Waals surface area contributed by atoms with Crippen molar-refractivity contribution in [1.29, 1.82) is 0 Å². The van der Waals surface area contributed by atoms with Crippen LogP contribution in [0.25, 0.3) is 11.1 Å². The number of aromatic nitrogens is 1. The Balaban J connectivity index is 0.00000182. The van der Waals surface area contributed by atoms with E-state index in [2.05, 4.69) is 29.2 Å². The summed E-state index contributed by atoms with van der Waals surface area (Å²) in [7, 11) is 0. The predicted molar refractivity (Wildman–Crippen MR) is 98.1 cm³/mol. The van der Waals surface area contributed by atoms with Crippen LogP contribution < -0.4 is 0 Å². The summed E-state index contributed by atoms with van der Waals surface area (Å²) in [5, 5.41) is 0. The van der Waals surface area contributed by atoms with Gasteiger partial charge in [0.1, 0.15) is 0 Å². The van der Waals surface area contributed by atoms with E-state index < -0.39 is 11.6 Å². The van der Waals surface area contributed by atoms with E-state index in [1.54, 1.807) is 6.07 Å². The quantitative estimate of drug-likeness (QED) is 0.555. The van der Waals surface area contributed by atoms with Crippen LogP contribution in [0, 0.1) is 11.6 Å². The molecule has 0 saturated carbocycles. The standard InChI is InChI=1S/C21H17F2N.ClH/c22-20-7-5-16(13-21(20)23)15-4-6-19-17(12-15)2-1-3-18(19)14-8-10-24-11-9-14;/h4-13,18H,1-3H2;1H. The molecule has 0 amide bonds. The van der Waals surface area contributed by atoms with Crippen molar-refractivity contribution in [3.63, 3.8) is 0 Å². The molecule has 0 spiro atoms. The first-order chi connectivity index (χ1) is 11.7. The Labute approximate surface area is 152 Å². The van der Waals surface area contributed by atoms with Gasteiger partial charge >= 0.3 is 0 Å². The van der Waals surface area contributed by atoms with Crippen LogP contribution in [-0.4, -0.2) is 4.98 Å². The Morgan fingerprint density at radius 2 is 1.56 bits per heavy atom. The van der Waals surface area contributed by atoms with Crippen LogP contribution in [0.5, 0.6) is 0 Å². The third-order valence-electron chi connectivity index (χ3n) is 4.82. The van der Waals surface area contributed by atoms with Crippen molar-refractivity contribution in [3.8, 4) is 11.1 Å². The molecule has 2 aromatic carbocycles. The number of rotatable bonds is 2. The predicted octanol–water partition coefficient (Wildman–Crippen LogP) is 5.92. The number of fused-ring (bicyclic) bond motifs is 1. The Kier molecular flexibility index (Phi) is 5.14. The van der Waals surface area contributed by atoms with E-state index in [-0.39, 0.29) is 12.4 Å². The minimum atomic E-state index is -0.811. The van der Waals surface area contributed by atoms with Gasteiger partial charge in [-0.15, -0.1) is 12.4 Å². The van der Waals surface area contributed by atoms with Crippen molar-refractivity contribution in [1.82, 2.24) is 4.98 Å². The van der Waals surface area contributed by atoms with Crippen molar-refractivity contribution >= 4 is 12.4 Å². The molecule has 0 N–H and O–H groups in total. The highest BCUT2D eigenvalue weighted by Crippen LogP contribution is 2.38. The summed E-state index contributed by atoms with van der Waals surface area (Å²) < 4.78 is 26.7. The number of benzene rings is 2. The largest absolute Gasteiger partial charge is 0.265 e. The molecule has 0 saturated heterocycles. The lowest BCUT2D eigenvalue weighted by atomic mass is 9.78. The van der Waals surface area contributed by atoms with Crippen LogP contribution in [0.2, 0.25) is 0 Å². The molecule has 1 atom stereocenters. The summed E-state index contributed by atoms with van der Waals surface area (Å²) in [6.07, 6.45) is 6.94. The van der Waals surface area contributed by atoms with Crippen molar-refractivity contribution in [2.75, 3.05) is 0 Å². The molecule has 0 fully saturated rings. The van der Waals surface area contributed by atoms with Crippen molar-refractivity contribution < 1.29 is 8.78 Å². The Bertz CT molecular complexity index is 880. The van der Waals surface area contributed by atoms with Crippen LogP contribution in [-0.2, 0) is 6.42 Å². The fourth-order valence-electron chi connectivity index (χ4n) is 3.61. The maximum atomic E-state index is 13.5. The molecule has 1 aliphatic carbocycles. The molecule has 1 aliphatic rings. The van der Waals surface area contributed by atoms with Crippen LogP contribution >= 0.6 is 12.4 Å². The summed E-state index contributed by atoms with van der Waals surface area (Å²) in [6.45, 7) is 0. The fraction of sp³-hybridized carbons (Fsp3) is 0.190. The molecular weight excluding hydrogens is 340 g/mol. The van der Waals surface area contributed by atoms with Gasteiger partial charge in [-0.3, -0.25) is 4.98 Å². The van der Waals surface area contributed by atoms with Gasteiger partial charge in [-0.25, -0.2) is 8.78 Å². The topological polar surface area (TPSA) is 12.9 Å². The zero-order valence-corrected chi connectivity index (χ0v) is 14.4. The second kappa shape index (κ2) is 7.32. The molecule has 0 bridgehead atoms. The molecule has 4 heteroatoms. The van der Waals surface area contributed by atoms with E-state index >= 15 is 0 Å². The number of hydrogen-bond donors (Lipinski definition) is 0. The lowest BCUT2D eigenvalue weighted by Gasteiger charge is -2.26. The second-order valence-corrected chi connectivity index (χ2v) is 6.27. The molecule has 128 valence electrons. The number of aryl methyl sites for hydroxylation is 1. The van der Waals surface area contributed by atoms with Gasteiger partial charge in [0, 0.05) is 18.3 Å². The Morgan fingerprint density at radius 3 is 2.32 bits per heavy atom. The summed E-state index contributed by atoms with van der Waals surface area (Å²) in [5.41, 5.74) is 5.56. The van der Waals surface area contributed by atoms with Crippen LogP contribution in [0.4, 0.5) is 8.78 Å². The van der Waals surface area contributed by atoms with E-state index in [0.29, 0.717) is 11.5 Å². The van der Waals surface area contributed by atoms with Gasteiger partial charge in [0.15, 0.2) is 11.6 Å². The number of halogens is 3. The van der Waals surface area contributed by atoms with Crippen molar-refractivity contribution in [2.24, 2.45) is 0 Å². The van der Waals surface area contributed by atoms with Crippen molar-refractivity contribution in [2.45, 2.75) is 25.2 Å². The number of nitrogens with zero attached hydrogens (tertiary/aromatic N) is 1. The first-order valence-electron chi connectivity index (χ1n) is 8.20. The monoisotopic (exact) mass is 357 g/mol. The highest BCUT2D eigenvalue weighted by molar-refractivity contribution is 5.85. The minimum Gasteiger partial charge on any atom is -0.265 e. The van der Waals surface area contributed by atoms with Gasteiger partial charge in [-0.05, 0) is 71.3 Å². The fourth-order valence-corrected chi connectivity index (χ4v) is 3.61. The van der Waals surface area contributed by atoms with Gasteiger partial charge in [-0.2, -0.15) is 0 Å². The maximum absolute atomic E-state index is 13.5. The molecule has 0 aliphatic heterocycles. The average molecular weight is 358 g/mol. The number of pyridine rings is 1. The smallest absolute Gasteiger partial charge is 0.159 e. The van der Waals surface area contributed by atoms with Crippen LogP contribution in [0.15, 0.2) is 60.9 Å². The molecule has 1 nitrogen and oxygen atoms in total. The summed E-state index contributed by atoms with van der Waals surface area (Å²) in [5.74, 6) is -1.23. The lowest BCUT2D eigenvalue weighted by Crippen LogP contribution is -2.11. The Morgan fingerprint density at radius 1 is 0.840 bits per heavy atom. The first-order valence-corrected chi connectivity index (χ1v) is 8.20. The Hall–Kier alpha value is -2.26. The van der Waals surface area contributed by atoms with Gasteiger partial charge in [0.25, 0.3) is 0 Å². The summed E-state index contributed by atoms with van der Waals surface area (Å²) in [4.78, 5) is 4.10. The SMILES string of the molecule is Cl.Fc1ccc(-c2ccc3c(c2)CCCC3c2ccncc2)cc1F. The molecule has 1 aromatic heterocycles. The molecule has 3 aromatic rings. The minimum absolute atomic E-state index is 0. The average Bonchev–Trinajstić information content (AvgIpc) is 2.64. The maximum Gasteiger partial charge on any atom is 0.159 e.